The van der Waals surface area contributed by atoms with Crippen LogP contribution in [0.4, 0.5) is 0 Å². The summed E-state index contributed by atoms with van der Waals surface area (Å²) in [6.45, 7) is 0.781. The van der Waals surface area contributed by atoms with Gasteiger partial charge < -0.3 is 15.6 Å². The van der Waals surface area contributed by atoms with E-state index in [1.54, 1.807) is 0 Å². The average Bonchev–Trinajstić information content (AvgIpc) is 3.16. The first kappa shape index (κ1) is 12.9. The number of rotatable bonds is 3. The first-order valence-corrected chi connectivity index (χ1v) is 7.01. The van der Waals surface area contributed by atoms with Crippen LogP contribution in [0.5, 0.6) is 0 Å². The molecule has 1 aliphatic heterocycles. The molecule has 1 unspecified atom stereocenters. The molecule has 1 aromatic carbocycles. The molecule has 4 heteroatoms. The number of nitrogens with one attached hydrogen (secondary N) is 1. The van der Waals surface area contributed by atoms with Gasteiger partial charge in [0.15, 0.2) is 0 Å². The minimum Gasteiger partial charge on any atom is -0.363 e. The van der Waals surface area contributed by atoms with Crippen molar-refractivity contribution in [1.29, 1.82) is 0 Å². The van der Waals surface area contributed by atoms with Gasteiger partial charge in [0.05, 0.1) is 6.04 Å². The fourth-order valence-corrected chi connectivity index (χ4v) is 2.89. The predicted octanol–water partition coefficient (Wildman–Crippen LogP) is 2.38. The largest absolute Gasteiger partial charge is 0.363 e. The van der Waals surface area contributed by atoms with Crippen molar-refractivity contribution in [2.75, 3.05) is 6.54 Å². The van der Waals surface area contributed by atoms with Gasteiger partial charge in [-0.05, 0) is 30.5 Å². The van der Waals surface area contributed by atoms with Crippen molar-refractivity contribution in [3.05, 3.63) is 59.9 Å². The summed E-state index contributed by atoms with van der Waals surface area (Å²) in [6.07, 6.45) is 3.91. The first-order valence-electron chi connectivity index (χ1n) is 7.01. The maximum Gasteiger partial charge on any atom is 0.244 e. The second-order valence-corrected chi connectivity index (χ2v) is 5.20. The molecule has 0 saturated carbocycles. The number of nitrogens with two attached hydrogens (primary N) is 1. The van der Waals surface area contributed by atoms with E-state index < -0.39 is 6.04 Å². The zero-order valence-corrected chi connectivity index (χ0v) is 11.3. The number of nitrogens with zero attached hydrogens (tertiary/aromatic N) is 1. The van der Waals surface area contributed by atoms with Crippen molar-refractivity contribution in [1.82, 2.24) is 9.88 Å². The molecule has 2 aromatic rings. The number of amides is 1. The summed E-state index contributed by atoms with van der Waals surface area (Å²) in [5.74, 6) is 0.00769. The Morgan fingerprint density at radius 3 is 2.75 bits per heavy atom. The third-order valence-electron chi connectivity index (χ3n) is 3.94. The number of carbonyl (C=O) groups excluding carboxylic acids is 1. The Bertz CT molecular complexity index is 565. The molecule has 0 bridgehead atoms. The van der Waals surface area contributed by atoms with Gasteiger partial charge in [0, 0.05) is 18.4 Å². The molecule has 0 aliphatic carbocycles. The molecule has 20 heavy (non-hydrogen) atoms. The van der Waals surface area contributed by atoms with Crippen molar-refractivity contribution >= 4 is 5.91 Å². The summed E-state index contributed by atoms with van der Waals surface area (Å²) >= 11 is 0. The summed E-state index contributed by atoms with van der Waals surface area (Å²) in [4.78, 5) is 17.8. The standard InChI is InChI=1S/C16H19N3O/c17-15(12-6-2-1-3-7-12)16(20)19-11-5-9-14(19)13-8-4-10-18-13/h1-4,6-8,10,14-15,18H,5,9,11,17H2/t14?,15-/m1/s1. The number of likely N-dealkylation sites (tertiary alicyclic amines) is 1. The van der Waals surface area contributed by atoms with Crippen LogP contribution >= 0.6 is 0 Å². The van der Waals surface area contributed by atoms with Crippen LogP contribution in [0.2, 0.25) is 0 Å². The summed E-state index contributed by atoms with van der Waals surface area (Å²) in [5.41, 5.74) is 8.10. The van der Waals surface area contributed by atoms with Crippen LogP contribution in [-0.2, 0) is 4.79 Å². The molecule has 1 fully saturated rings. The lowest BCUT2D eigenvalue weighted by molar-refractivity contribution is -0.133. The number of aromatic nitrogens is 1. The molecule has 2 heterocycles. The third kappa shape index (κ3) is 2.34. The van der Waals surface area contributed by atoms with Gasteiger partial charge in [-0.2, -0.15) is 0 Å². The minimum atomic E-state index is -0.577. The topological polar surface area (TPSA) is 62.1 Å². The highest BCUT2D eigenvalue weighted by atomic mass is 16.2. The molecule has 3 rings (SSSR count). The van der Waals surface area contributed by atoms with Gasteiger partial charge in [-0.15, -0.1) is 0 Å². The molecule has 3 N–H and O–H groups in total. The van der Waals surface area contributed by atoms with Crippen LogP contribution in [0.3, 0.4) is 0 Å². The van der Waals surface area contributed by atoms with E-state index in [1.165, 1.54) is 0 Å². The van der Waals surface area contributed by atoms with E-state index in [-0.39, 0.29) is 11.9 Å². The van der Waals surface area contributed by atoms with Crippen LogP contribution in [0.25, 0.3) is 0 Å². The number of benzene rings is 1. The van der Waals surface area contributed by atoms with Gasteiger partial charge in [-0.25, -0.2) is 0 Å². The summed E-state index contributed by atoms with van der Waals surface area (Å²) in [6, 6.07) is 13.1. The monoisotopic (exact) mass is 269 g/mol. The summed E-state index contributed by atoms with van der Waals surface area (Å²) in [5, 5.41) is 0. The lowest BCUT2D eigenvalue weighted by atomic mass is 10.1. The molecule has 2 atom stereocenters. The van der Waals surface area contributed by atoms with Gasteiger partial charge >= 0.3 is 0 Å². The third-order valence-corrected chi connectivity index (χ3v) is 3.94. The fourth-order valence-electron chi connectivity index (χ4n) is 2.89. The van der Waals surface area contributed by atoms with E-state index >= 15 is 0 Å². The van der Waals surface area contributed by atoms with Crippen LogP contribution in [-0.4, -0.2) is 22.3 Å². The first-order chi connectivity index (χ1) is 9.77. The Morgan fingerprint density at radius 1 is 1.25 bits per heavy atom. The molecule has 1 aliphatic rings. The highest BCUT2D eigenvalue weighted by Gasteiger charge is 2.33. The second kappa shape index (κ2) is 5.51. The van der Waals surface area contributed by atoms with Crippen molar-refractivity contribution in [2.45, 2.75) is 24.9 Å². The van der Waals surface area contributed by atoms with Crippen LogP contribution in [0.15, 0.2) is 48.7 Å². The van der Waals surface area contributed by atoms with Gasteiger partial charge in [0.2, 0.25) is 5.91 Å². The van der Waals surface area contributed by atoms with Crippen molar-refractivity contribution < 1.29 is 4.79 Å². The Labute approximate surface area is 118 Å². The molecular weight excluding hydrogens is 250 g/mol. The minimum absolute atomic E-state index is 0.00769. The van der Waals surface area contributed by atoms with Crippen LogP contribution in [0.1, 0.15) is 36.2 Å². The van der Waals surface area contributed by atoms with E-state index in [2.05, 4.69) is 4.98 Å². The molecular formula is C16H19N3O. The van der Waals surface area contributed by atoms with E-state index in [0.717, 1.165) is 30.6 Å². The number of hydrogen-bond acceptors (Lipinski definition) is 2. The smallest absolute Gasteiger partial charge is 0.244 e. The second-order valence-electron chi connectivity index (χ2n) is 5.20. The number of hydrogen-bond donors (Lipinski definition) is 2. The van der Waals surface area contributed by atoms with E-state index in [9.17, 15) is 4.79 Å². The lowest BCUT2D eigenvalue weighted by Gasteiger charge is -2.27. The molecule has 1 saturated heterocycles. The Balaban J connectivity index is 1.79. The van der Waals surface area contributed by atoms with Crippen LogP contribution in [0, 0.1) is 0 Å². The number of aromatic amines is 1. The maximum atomic E-state index is 12.6. The van der Waals surface area contributed by atoms with E-state index in [4.69, 9.17) is 5.73 Å². The summed E-state index contributed by atoms with van der Waals surface area (Å²) < 4.78 is 0. The highest BCUT2D eigenvalue weighted by molar-refractivity contribution is 5.83. The molecule has 1 aromatic heterocycles. The molecule has 1 amide bonds. The van der Waals surface area contributed by atoms with Gasteiger partial charge in [0.1, 0.15) is 6.04 Å². The zero-order valence-electron chi connectivity index (χ0n) is 11.3. The van der Waals surface area contributed by atoms with Gasteiger partial charge in [-0.3, -0.25) is 4.79 Å². The number of H-pyrrole nitrogens is 1. The zero-order chi connectivity index (χ0) is 13.9. The highest BCUT2D eigenvalue weighted by Crippen LogP contribution is 2.32. The quantitative estimate of drug-likeness (QED) is 0.898. The van der Waals surface area contributed by atoms with E-state index in [1.807, 2.05) is 53.6 Å². The predicted molar refractivity (Wildman–Crippen MR) is 77.9 cm³/mol. The molecule has 0 spiro atoms. The normalized spacial score (nSPS) is 20.1. The molecule has 104 valence electrons. The fraction of sp³-hybridized carbons (Fsp3) is 0.312. The van der Waals surface area contributed by atoms with Crippen molar-refractivity contribution in [2.24, 2.45) is 5.73 Å². The van der Waals surface area contributed by atoms with Gasteiger partial charge in [0.25, 0.3) is 0 Å². The van der Waals surface area contributed by atoms with Crippen LogP contribution < -0.4 is 5.73 Å². The summed E-state index contributed by atoms with van der Waals surface area (Å²) in [7, 11) is 0. The molecule has 4 nitrogen and oxygen atoms in total. The number of carbonyl (C=O) groups is 1. The Kier molecular flexibility index (Phi) is 3.56. The van der Waals surface area contributed by atoms with Crippen molar-refractivity contribution in [3.63, 3.8) is 0 Å². The van der Waals surface area contributed by atoms with Gasteiger partial charge in [-0.1, -0.05) is 30.3 Å². The van der Waals surface area contributed by atoms with E-state index in [0.29, 0.717) is 0 Å². The van der Waals surface area contributed by atoms with Crippen molar-refractivity contribution in [3.8, 4) is 0 Å². The Hall–Kier alpha value is -2.07. The Morgan fingerprint density at radius 2 is 2.05 bits per heavy atom. The molecule has 0 radical (unpaired) electrons. The SMILES string of the molecule is N[C@@H](C(=O)N1CCCC1c1ccc[nH]1)c1ccccc1. The lowest BCUT2D eigenvalue weighted by Crippen LogP contribution is -2.38. The average molecular weight is 269 g/mol. The maximum absolute atomic E-state index is 12.6.